The van der Waals surface area contributed by atoms with E-state index < -0.39 is 24.1 Å². The molecule has 0 spiro atoms. The maximum Gasteiger partial charge on any atom is 0.320 e. The number of rotatable bonds is 21. The quantitative estimate of drug-likeness (QED) is 0.146. The molecule has 8 nitrogen and oxygen atoms in total. The van der Waals surface area contributed by atoms with Gasteiger partial charge in [0.25, 0.3) is 0 Å². The van der Waals surface area contributed by atoms with E-state index in [1.54, 1.807) is 11.9 Å². The molecular formula is C25H45NO7. The number of aliphatic hydroxyl groups is 1. The molecule has 2 unspecified atom stereocenters. The molecule has 0 amide bonds. The zero-order valence-electron chi connectivity index (χ0n) is 20.8. The number of likely N-dealkylation sites (N-methyl/N-ethyl adjacent to an activating group) is 1. The normalized spacial score (nSPS) is 13.2. The molecule has 0 heterocycles. The number of carboxylic acids is 1. The predicted molar refractivity (Wildman–Crippen MR) is 128 cm³/mol. The molecular weight excluding hydrogens is 426 g/mol. The molecule has 8 heteroatoms. The molecule has 2 atom stereocenters. The molecule has 0 aliphatic carbocycles. The van der Waals surface area contributed by atoms with Gasteiger partial charge in [0.15, 0.2) is 0 Å². The third kappa shape index (κ3) is 20.4. The van der Waals surface area contributed by atoms with Crippen LogP contribution in [0.5, 0.6) is 0 Å². The second kappa shape index (κ2) is 20.7. The highest BCUT2D eigenvalue weighted by Gasteiger charge is 2.22. The molecule has 0 aliphatic rings. The van der Waals surface area contributed by atoms with E-state index in [0.717, 1.165) is 57.8 Å². The number of carboxylic acid groups (broad SMARTS) is 1. The summed E-state index contributed by atoms with van der Waals surface area (Å²) in [5, 5.41) is 19.2. The monoisotopic (exact) mass is 471 g/mol. The van der Waals surface area contributed by atoms with Crippen LogP contribution in [0.15, 0.2) is 12.2 Å². The Morgan fingerprint density at radius 2 is 1.70 bits per heavy atom. The van der Waals surface area contributed by atoms with Crippen LogP contribution in [0.1, 0.15) is 90.9 Å². The fourth-order valence-electron chi connectivity index (χ4n) is 3.35. The van der Waals surface area contributed by atoms with Crippen LogP contribution in [0.2, 0.25) is 0 Å². The molecule has 0 radical (unpaired) electrons. The molecule has 2 N–H and O–H groups in total. The second-order valence-electron chi connectivity index (χ2n) is 8.58. The van der Waals surface area contributed by atoms with Crippen LogP contribution < -0.4 is 0 Å². The summed E-state index contributed by atoms with van der Waals surface area (Å²) >= 11 is 0. The SMILES string of the molecule is CCCCCC(OC(=O)CN(C)CCOC(C)=O)C(O)C/C=C\CCCCCCCC(=O)O. The Balaban J connectivity index is 4.29. The standard InChI is InChI=1S/C25H45NO7/c1-4-5-12-16-23(33-25(31)20-26(3)18-19-32-21(2)27)22(28)15-13-10-8-6-7-9-11-14-17-24(29)30/h10,13,22-23,28H,4-9,11-12,14-20H2,1-3H3,(H,29,30)/b13-10-. The van der Waals surface area contributed by atoms with E-state index in [4.69, 9.17) is 14.6 Å². The van der Waals surface area contributed by atoms with E-state index in [9.17, 15) is 19.5 Å². The van der Waals surface area contributed by atoms with E-state index in [-0.39, 0.29) is 25.5 Å². The summed E-state index contributed by atoms with van der Waals surface area (Å²) < 4.78 is 10.5. The van der Waals surface area contributed by atoms with Crippen molar-refractivity contribution in [2.75, 3.05) is 26.7 Å². The van der Waals surface area contributed by atoms with Gasteiger partial charge in [-0.3, -0.25) is 19.3 Å². The molecule has 0 aromatic rings. The topological polar surface area (TPSA) is 113 Å². The minimum Gasteiger partial charge on any atom is -0.481 e. The average molecular weight is 472 g/mol. The third-order valence-electron chi connectivity index (χ3n) is 5.29. The Morgan fingerprint density at radius 3 is 2.36 bits per heavy atom. The van der Waals surface area contributed by atoms with Crippen molar-refractivity contribution < 1.29 is 34.1 Å². The lowest BCUT2D eigenvalue weighted by Gasteiger charge is -2.24. The number of hydrogen-bond donors (Lipinski definition) is 2. The number of aliphatic carboxylic acids is 1. The van der Waals surface area contributed by atoms with Gasteiger partial charge < -0.3 is 19.7 Å². The van der Waals surface area contributed by atoms with Crippen molar-refractivity contribution in [1.82, 2.24) is 4.90 Å². The number of allylic oxidation sites excluding steroid dienone is 1. The lowest BCUT2D eigenvalue weighted by atomic mass is 10.0. The van der Waals surface area contributed by atoms with Crippen LogP contribution in [-0.2, 0) is 23.9 Å². The molecule has 0 aromatic heterocycles. The Kier molecular flexibility index (Phi) is 19.5. The summed E-state index contributed by atoms with van der Waals surface area (Å²) in [6, 6.07) is 0. The van der Waals surface area contributed by atoms with Gasteiger partial charge in [0.2, 0.25) is 0 Å². The molecule has 0 aliphatic heterocycles. The Bertz CT molecular complexity index is 565. The Hall–Kier alpha value is -1.93. The number of esters is 2. The first-order chi connectivity index (χ1) is 15.8. The van der Waals surface area contributed by atoms with Gasteiger partial charge in [-0.15, -0.1) is 0 Å². The molecule has 0 bridgehead atoms. The molecule has 0 saturated heterocycles. The van der Waals surface area contributed by atoms with Gasteiger partial charge in [-0.05, 0) is 45.6 Å². The molecule has 192 valence electrons. The summed E-state index contributed by atoms with van der Waals surface area (Å²) in [6.07, 6.45) is 12.7. The first-order valence-corrected chi connectivity index (χ1v) is 12.3. The van der Waals surface area contributed by atoms with Crippen LogP contribution in [0.4, 0.5) is 0 Å². The minimum atomic E-state index is -0.746. The van der Waals surface area contributed by atoms with Crippen LogP contribution in [-0.4, -0.2) is 72.0 Å². The fraction of sp³-hybridized carbons (Fsp3) is 0.800. The largest absolute Gasteiger partial charge is 0.481 e. The van der Waals surface area contributed by atoms with Gasteiger partial charge in [0.05, 0.1) is 12.6 Å². The molecule has 0 saturated carbocycles. The molecule has 0 fully saturated rings. The van der Waals surface area contributed by atoms with Gasteiger partial charge in [0.1, 0.15) is 12.7 Å². The van der Waals surface area contributed by atoms with Crippen LogP contribution >= 0.6 is 0 Å². The van der Waals surface area contributed by atoms with E-state index in [1.165, 1.54) is 6.92 Å². The summed E-state index contributed by atoms with van der Waals surface area (Å²) in [5.74, 6) is -1.48. The zero-order chi connectivity index (χ0) is 24.9. The third-order valence-corrected chi connectivity index (χ3v) is 5.29. The van der Waals surface area contributed by atoms with Gasteiger partial charge in [-0.2, -0.15) is 0 Å². The summed E-state index contributed by atoms with van der Waals surface area (Å²) in [5.41, 5.74) is 0. The van der Waals surface area contributed by atoms with Crippen molar-refractivity contribution in [2.24, 2.45) is 0 Å². The first-order valence-electron chi connectivity index (χ1n) is 12.3. The second-order valence-corrected chi connectivity index (χ2v) is 8.58. The fourth-order valence-corrected chi connectivity index (χ4v) is 3.35. The van der Waals surface area contributed by atoms with E-state index in [2.05, 4.69) is 6.92 Å². The summed E-state index contributed by atoms with van der Waals surface area (Å²) in [7, 11) is 1.75. The average Bonchev–Trinajstić information content (AvgIpc) is 2.73. The highest BCUT2D eigenvalue weighted by Crippen LogP contribution is 2.15. The van der Waals surface area contributed by atoms with Crippen molar-refractivity contribution in [1.29, 1.82) is 0 Å². The van der Waals surface area contributed by atoms with E-state index >= 15 is 0 Å². The van der Waals surface area contributed by atoms with Crippen molar-refractivity contribution in [3.05, 3.63) is 12.2 Å². The Morgan fingerprint density at radius 1 is 1.00 bits per heavy atom. The van der Waals surface area contributed by atoms with Crippen LogP contribution in [0, 0.1) is 0 Å². The van der Waals surface area contributed by atoms with Crippen LogP contribution in [0.25, 0.3) is 0 Å². The van der Waals surface area contributed by atoms with Gasteiger partial charge in [-0.1, -0.05) is 51.2 Å². The maximum absolute atomic E-state index is 12.3. The number of unbranched alkanes of at least 4 members (excludes halogenated alkanes) is 7. The molecule has 33 heavy (non-hydrogen) atoms. The number of aliphatic hydroxyl groups excluding tert-OH is 1. The van der Waals surface area contributed by atoms with Crippen molar-refractivity contribution in [3.63, 3.8) is 0 Å². The highest BCUT2D eigenvalue weighted by atomic mass is 16.6. The molecule has 0 rings (SSSR count). The van der Waals surface area contributed by atoms with E-state index in [1.807, 2.05) is 12.2 Å². The van der Waals surface area contributed by atoms with Gasteiger partial charge in [-0.25, -0.2) is 0 Å². The number of nitrogens with zero attached hydrogens (tertiary/aromatic N) is 1. The lowest BCUT2D eigenvalue weighted by Crippen LogP contribution is -2.36. The number of hydrogen-bond acceptors (Lipinski definition) is 7. The van der Waals surface area contributed by atoms with Crippen molar-refractivity contribution >= 4 is 17.9 Å². The minimum absolute atomic E-state index is 0.0700. The van der Waals surface area contributed by atoms with Gasteiger partial charge in [0, 0.05) is 19.9 Å². The van der Waals surface area contributed by atoms with E-state index in [0.29, 0.717) is 19.4 Å². The molecule has 0 aromatic carbocycles. The number of carbonyl (C=O) groups is 3. The summed E-state index contributed by atoms with van der Waals surface area (Å²) in [6.45, 7) is 4.16. The predicted octanol–water partition coefficient (Wildman–Crippen LogP) is 4.10. The first kappa shape index (κ1) is 31.1. The number of carbonyl (C=O) groups excluding carboxylic acids is 2. The van der Waals surface area contributed by atoms with Crippen LogP contribution in [0.3, 0.4) is 0 Å². The summed E-state index contributed by atoms with van der Waals surface area (Å²) in [4.78, 5) is 35.4. The lowest BCUT2D eigenvalue weighted by molar-refractivity contribution is -0.156. The smallest absolute Gasteiger partial charge is 0.320 e. The van der Waals surface area contributed by atoms with Crippen molar-refractivity contribution in [2.45, 2.75) is 103 Å². The zero-order valence-corrected chi connectivity index (χ0v) is 20.8. The number of ether oxygens (including phenoxy) is 2. The van der Waals surface area contributed by atoms with Crippen molar-refractivity contribution in [3.8, 4) is 0 Å². The Labute approximate surface area is 199 Å². The highest BCUT2D eigenvalue weighted by molar-refractivity contribution is 5.72. The maximum atomic E-state index is 12.3. The van der Waals surface area contributed by atoms with Gasteiger partial charge >= 0.3 is 17.9 Å².